The van der Waals surface area contributed by atoms with Crippen LogP contribution in [-0.2, 0) is 4.79 Å². The molecule has 0 saturated carbocycles. The molecule has 1 aromatic rings. The fourth-order valence-corrected chi connectivity index (χ4v) is 1.33. The molecule has 0 unspecified atom stereocenters. The molecule has 0 radical (unpaired) electrons. The number of carbonyl (C=O) groups is 1. The highest BCUT2D eigenvalue weighted by Gasteiger charge is 2.04. The van der Waals surface area contributed by atoms with Gasteiger partial charge in [0.2, 0.25) is 17.7 Å². The van der Waals surface area contributed by atoms with Crippen molar-refractivity contribution in [3.63, 3.8) is 0 Å². The smallest absolute Gasteiger partial charge is 0.226 e. The summed E-state index contributed by atoms with van der Waals surface area (Å²) < 4.78 is 5.52. The fraction of sp³-hybridized carbons (Fsp3) is 0.583. The molecule has 1 rings (SSSR count). The van der Waals surface area contributed by atoms with Crippen molar-refractivity contribution < 1.29 is 9.53 Å². The van der Waals surface area contributed by atoms with Crippen LogP contribution in [0.15, 0.2) is 6.07 Å². The lowest BCUT2D eigenvalue weighted by atomic mass is 10.4. The number of rotatable bonds is 6. The van der Waals surface area contributed by atoms with Crippen molar-refractivity contribution in [2.45, 2.75) is 33.8 Å². The number of nitrogens with one attached hydrogen (secondary N) is 2. The van der Waals surface area contributed by atoms with Crippen LogP contribution in [0, 0.1) is 6.92 Å². The lowest BCUT2D eigenvalue weighted by Crippen LogP contribution is -2.26. The first kappa shape index (κ1) is 14.2. The van der Waals surface area contributed by atoms with Crippen molar-refractivity contribution in [1.29, 1.82) is 0 Å². The van der Waals surface area contributed by atoms with E-state index in [0.29, 0.717) is 24.9 Å². The number of hydrogen-bond acceptors (Lipinski definition) is 5. The summed E-state index contributed by atoms with van der Waals surface area (Å²) in [5.74, 6) is 1.02. The molecule has 1 heterocycles. The Hall–Kier alpha value is -1.85. The van der Waals surface area contributed by atoms with Crippen molar-refractivity contribution in [2.75, 3.05) is 18.4 Å². The Morgan fingerprint density at radius 3 is 2.72 bits per heavy atom. The minimum atomic E-state index is -0.0502. The molecule has 18 heavy (non-hydrogen) atoms. The molecule has 0 aromatic carbocycles. The Labute approximate surface area is 107 Å². The van der Waals surface area contributed by atoms with Gasteiger partial charge >= 0.3 is 0 Å². The van der Waals surface area contributed by atoms with Gasteiger partial charge < -0.3 is 15.4 Å². The van der Waals surface area contributed by atoms with Gasteiger partial charge in [0.1, 0.15) is 0 Å². The highest BCUT2D eigenvalue weighted by Crippen LogP contribution is 2.13. The summed E-state index contributed by atoms with van der Waals surface area (Å²) >= 11 is 0. The molecule has 100 valence electrons. The molecule has 0 aliphatic rings. The topological polar surface area (TPSA) is 76.1 Å². The Morgan fingerprint density at radius 2 is 2.11 bits per heavy atom. The Morgan fingerprint density at radius 1 is 1.39 bits per heavy atom. The number of nitrogens with zero attached hydrogens (tertiary/aromatic N) is 2. The molecule has 0 fully saturated rings. The first-order chi connectivity index (χ1) is 8.47. The minimum Gasteiger partial charge on any atom is -0.475 e. The van der Waals surface area contributed by atoms with Gasteiger partial charge in [-0.05, 0) is 20.8 Å². The van der Waals surface area contributed by atoms with E-state index in [9.17, 15) is 4.79 Å². The predicted octanol–water partition coefficient (Wildman–Crippen LogP) is 1.12. The second kappa shape index (κ2) is 6.78. The zero-order chi connectivity index (χ0) is 13.5. The van der Waals surface area contributed by atoms with Gasteiger partial charge in [-0.25, -0.2) is 4.98 Å². The van der Waals surface area contributed by atoms with E-state index < -0.39 is 0 Å². The molecule has 0 aliphatic heterocycles. The van der Waals surface area contributed by atoms with Crippen LogP contribution >= 0.6 is 0 Å². The van der Waals surface area contributed by atoms with Crippen LogP contribution in [0.1, 0.15) is 26.5 Å². The standard InChI is InChI=1S/C12H20N4O2/c1-8(2)18-11-7-9(3)15-12(16-11)14-6-5-13-10(4)17/h7-8H,5-6H2,1-4H3,(H,13,17)(H,14,15,16). The lowest BCUT2D eigenvalue weighted by Gasteiger charge is -2.11. The predicted molar refractivity (Wildman–Crippen MR) is 69.7 cm³/mol. The maximum absolute atomic E-state index is 10.7. The van der Waals surface area contributed by atoms with Gasteiger partial charge in [0.15, 0.2) is 0 Å². The second-order valence-corrected chi connectivity index (χ2v) is 4.25. The quantitative estimate of drug-likeness (QED) is 0.742. The summed E-state index contributed by atoms with van der Waals surface area (Å²) in [6, 6.07) is 1.79. The van der Waals surface area contributed by atoms with Crippen LogP contribution in [0.5, 0.6) is 5.88 Å². The van der Waals surface area contributed by atoms with E-state index in [4.69, 9.17) is 4.74 Å². The van der Waals surface area contributed by atoms with E-state index in [1.807, 2.05) is 20.8 Å². The Kier molecular flexibility index (Phi) is 5.35. The third-order valence-corrected chi connectivity index (χ3v) is 1.97. The maximum atomic E-state index is 10.7. The monoisotopic (exact) mass is 252 g/mol. The summed E-state index contributed by atoms with van der Waals surface area (Å²) in [5.41, 5.74) is 0.836. The van der Waals surface area contributed by atoms with Gasteiger partial charge in [-0.2, -0.15) is 4.98 Å². The molecule has 6 nitrogen and oxygen atoms in total. The SMILES string of the molecule is CC(=O)NCCNc1nc(C)cc(OC(C)C)n1. The van der Waals surface area contributed by atoms with Crippen molar-refractivity contribution in [1.82, 2.24) is 15.3 Å². The number of hydrogen-bond donors (Lipinski definition) is 2. The number of amides is 1. The normalized spacial score (nSPS) is 10.3. The maximum Gasteiger partial charge on any atom is 0.226 e. The van der Waals surface area contributed by atoms with Gasteiger partial charge in [0.05, 0.1) is 6.10 Å². The average molecular weight is 252 g/mol. The van der Waals surface area contributed by atoms with Crippen molar-refractivity contribution in [2.24, 2.45) is 0 Å². The number of carbonyl (C=O) groups excluding carboxylic acids is 1. The van der Waals surface area contributed by atoms with E-state index in [-0.39, 0.29) is 12.0 Å². The highest BCUT2D eigenvalue weighted by atomic mass is 16.5. The zero-order valence-electron chi connectivity index (χ0n) is 11.3. The molecule has 0 bridgehead atoms. The van der Waals surface area contributed by atoms with Crippen LogP contribution in [-0.4, -0.2) is 35.1 Å². The van der Waals surface area contributed by atoms with Crippen LogP contribution < -0.4 is 15.4 Å². The van der Waals surface area contributed by atoms with Crippen molar-refractivity contribution >= 4 is 11.9 Å². The molecule has 0 saturated heterocycles. The van der Waals surface area contributed by atoms with E-state index in [1.165, 1.54) is 6.92 Å². The number of aromatic nitrogens is 2. The van der Waals surface area contributed by atoms with E-state index in [2.05, 4.69) is 20.6 Å². The summed E-state index contributed by atoms with van der Waals surface area (Å²) in [7, 11) is 0. The average Bonchev–Trinajstić information content (AvgIpc) is 2.22. The molecule has 0 atom stereocenters. The lowest BCUT2D eigenvalue weighted by molar-refractivity contribution is -0.118. The summed E-state index contributed by atoms with van der Waals surface area (Å²) in [6.45, 7) is 8.37. The van der Waals surface area contributed by atoms with Crippen molar-refractivity contribution in [3.8, 4) is 5.88 Å². The largest absolute Gasteiger partial charge is 0.475 e. The Bertz CT molecular complexity index is 407. The number of ether oxygens (including phenoxy) is 1. The second-order valence-electron chi connectivity index (χ2n) is 4.25. The van der Waals surface area contributed by atoms with Gasteiger partial charge in [0, 0.05) is 31.8 Å². The molecule has 1 amide bonds. The first-order valence-electron chi connectivity index (χ1n) is 5.98. The minimum absolute atomic E-state index is 0.0502. The van der Waals surface area contributed by atoms with Gasteiger partial charge in [-0.3, -0.25) is 4.79 Å². The van der Waals surface area contributed by atoms with Crippen LogP contribution in [0.25, 0.3) is 0 Å². The summed E-state index contributed by atoms with van der Waals surface area (Å²) in [5, 5.41) is 5.73. The van der Waals surface area contributed by atoms with E-state index >= 15 is 0 Å². The van der Waals surface area contributed by atoms with E-state index in [1.54, 1.807) is 6.07 Å². The van der Waals surface area contributed by atoms with Gasteiger partial charge in [-0.15, -0.1) is 0 Å². The number of aryl methyl sites for hydroxylation is 1. The number of anilines is 1. The zero-order valence-corrected chi connectivity index (χ0v) is 11.3. The molecular weight excluding hydrogens is 232 g/mol. The fourth-order valence-electron chi connectivity index (χ4n) is 1.33. The molecular formula is C12H20N4O2. The third-order valence-electron chi connectivity index (χ3n) is 1.97. The molecule has 0 spiro atoms. The molecule has 0 aliphatic carbocycles. The molecule has 1 aromatic heterocycles. The summed E-state index contributed by atoms with van der Waals surface area (Å²) in [6.07, 6.45) is 0.0755. The summed E-state index contributed by atoms with van der Waals surface area (Å²) in [4.78, 5) is 19.2. The molecule has 2 N–H and O–H groups in total. The van der Waals surface area contributed by atoms with Crippen LogP contribution in [0.4, 0.5) is 5.95 Å². The van der Waals surface area contributed by atoms with E-state index in [0.717, 1.165) is 5.69 Å². The van der Waals surface area contributed by atoms with Gasteiger partial charge in [0.25, 0.3) is 0 Å². The molecule has 6 heteroatoms. The van der Waals surface area contributed by atoms with Crippen LogP contribution in [0.2, 0.25) is 0 Å². The first-order valence-corrected chi connectivity index (χ1v) is 5.98. The Balaban J connectivity index is 2.54. The highest BCUT2D eigenvalue weighted by molar-refractivity contribution is 5.72. The third kappa shape index (κ3) is 5.47. The van der Waals surface area contributed by atoms with Gasteiger partial charge in [-0.1, -0.05) is 0 Å². The van der Waals surface area contributed by atoms with Crippen molar-refractivity contribution in [3.05, 3.63) is 11.8 Å². The van der Waals surface area contributed by atoms with Crippen LogP contribution in [0.3, 0.4) is 0 Å².